The maximum atomic E-state index is 5.80. The molecule has 0 aliphatic carbocycles. The Morgan fingerprint density at radius 1 is 1.05 bits per heavy atom. The van der Waals surface area contributed by atoms with Crippen molar-refractivity contribution < 1.29 is 0 Å². The van der Waals surface area contributed by atoms with Gasteiger partial charge in [0.25, 0.3) is 0 Å². The molecule has 6 heteroatoms. The number of hydrogen-bond acceptors (Lipinski definition) is 6. The predicted octanol–water partition coefficient (Wildman–Crippen LogP) is 1.61. The summed E-state index contributed by atoms with van der Waals surface area (Å²) in [5.41, 5.74) is 8.23. The average molecular weight is 252 g/mol. The molecule has 0 unspecified atom stereocenters. The fourth-order valence-electron chi connectivity index (χ4n) is 1.81. The lowest BCUT2D eigenvalue weighted by Crippen LogP contribution is -2.04. The molecule has 0 aliphatic rings. The number of nitrogens with two attached hydrogens (primary N) is 1. The van der Waals surface area contributed by atoms with E-state index >= 15 is 0 Å². The Kier molecular flexibility index (Phi) is 2.89. The second-order valence-electron chi connectivity index (χ2n) is 4.05. The maximum absolute atomic E-state index is 5.80. The van der Waals surface area contributed by atoms with Crippen molar-refractivity contribution in [3.05, 3.63) is 48.8 Å². The van der Waals surface area contributed by atoms with E-state index in [4.69, 9.17) is 5.73 Å². The zero-order chi connectivity index (χ0) is 13.1. The number of aromatic nitrogens is 4. The van der Waals surface area contributed by atoms with E-state index in [1.165, 1.54) is 12.7 Å². The maximum Gasteiger partial charge on any atom is 0.137 e. The zero-order valence-electron chi connectivity index (χ0n) is 10.1. The van der Waals surface area contributed by atoms with Gasteiger partial charge in [0.2, 0.25) is 0 Å². The molecule has 0 aliphatic heterocycles. The Balaban J connectivity index is 1.90. The lowest BCUT2D eigenvalue weighted by atomic mass is 10.2. The lowest BCUT2D eigenvalue weighted by Gasteiger charge is -2.08. The summed E-state index contributed by atoms with van der Waals surface area (Å²) in [5, 5.41) is 4.13. The Bertz CT molecular complexity index is 698. The van der Waals surface area contributed by atoms with Gasteiger partial charge in [-0.2, -0.15) is 0 Å². The molecule has 19 heavy (non-hydrogen) atoms. The molecule has 2 aromatic heterocycles. The number of nitrogen functional groups attached to an aromatic ring is 1. The summed E-state index contributed by atoms with van der Waals surface area (Å²) in [6, 6.07) is 7.41. The molecule has 94 valence electrons. The van der Waals surface area contributed by atoms with Crippen LogP contribution in [0.2, 0.25) is 0 Å². The zero-order valence-corrected chi connectivity index (χ0v) is 10.1. The summed E-state index contributed by atoms with van der Waals surface area (Å²) in [6.45, 7) is 0.573. The van der Waals surface area contributed by atoms with Gasteiger partial charge in [-0.15, -0.1) is 0 Å². The minimum absolute atomic E-state index is 0.573. The highest BCUT2D eigenvalue weighted by Crippen LogP contribution is 2.21. The third kappa shape index (κ3) is 2.42. The summed E-state index contributed by atoms with van der Waals surface area (Å²) in [6.07, 6.45) is 4.76. The van der Waals surface area contributed by atoms with Crippen LogP contribution in [0.15, 0.2) is 43.1 Å². The molecule has 3 N–H and O–H groups in total. The molecule has 0 atom stereocenters. The van der Waals surface area contributed by atoms with E-state index in [1.54, 1.807) is 6.20 Å². The van der Waals surface area contributed by atoms with Crippen LogP contribution < -0.4 is 11.1 Å². The van der Waals surface area contributed by atoms with E-state index in [1.807, 2.05) is 24.3 Å². The summed E-state index contributed by atoms with van der Waals surface area (Å²) >= 11 is 0. The van der Waals surface area contributed by atoms with Crippen LogP contribution >= 0.6 is 0 Å². The van der Waals surface area contributed by atoms with Crippen LogP contribution in [0.5, 0.6) is 0 Å². The van der Waals surface area contributed by atoms with Crippen molar-refractivity contribution in [1.29, 1.82) is 0 Å². The summed E-state index contributed by atoms with van der Waals surface area (Å²) < 4.78 is 0. The second kappa shape index (κ2) is 4.85. The summed E-state index contributed by atoms with van der Waals surface area (Å²) in [5.74, 6) is 0.746. The van der Waals surface area contributed by atoms with Gasteiger partial charge in [0.15, 0.2) is 0 Å². The van der Waals surface area contributed by atoms with E-state index in [0.717, 1.165) is 22.4 Å². The highest BCUT2D eigenvalue weighted by molar-refractivity contribution is 5.91. The lowest BCUT2D eigenvalue weighted by molar-refractivity contribution is 0.996. The number of benzene rings is 1. The quantitative estimate of drug-likeness (QED) is 0.688. The molecule has 0 radical (unpaired) electrons. The standard InChI is InChI=1S/C13H12N6/c14-9-1-2-12-11(5-9)13(19-8-18-12)16-6-10-3-4-15-7-17-10/h1-5,7-8H,6,14H2,(H,16,18,19). The van der Waals surface area contributed by atoms with Gasteiger partial charge in [-0.3, -0.25) is 0 Å². The van der Waals surface area contributed by atoms with Crippen LogP contribution in [-0.2, 0) is 6.54 Å². The van der Waals surface area contributed by atoms with Crippen molar-refractivity contribution in [2.75, 3.05) is 11.1 Å². The van der Waals surface area contributed by atoms with Gasteiger partial charge in [0.1, 0.15) is 18.5 Å². The average Bonchev–Trinajstić information content (AvgIpc) is 2.46. The number of rotatable bonds is 3. The van der Waals surface area contributed by atoms with Crippen molar-refractivity contribution in [3.63, 3.8) is 0 Å². The Morgan fingerprint density at radius 2 is 2.00 bits per heavy atom. The molecular formula is C13H12N6. The Hall–Kier alpha value is -2.76. The fraction of sp³-hybridized carbons (Fsp3) is 0.0769. The molecule has 0 spiro atoms. The van der Waals surface area contributed by atoms with Gasteiger partial charge in [-0.25, -0.2) is 19.9 Å². The number of hydrogen-bond donors (Lipinski definition) is 2. The molecular weight excluding hydrogens is 240 g/mol. The van der Waals surface area contributed by atoms with Crippen LogP contribution in [0.3, 0.4) is 0 Å². The SMILES string of the molecule is Nc1ccc2ncnc(NCc3ccncn3)c2c1. The van der Waals surface area contributed by atoms with E-state index in [-0.39, 0.29) is 0 Å². The van der Waals surface area contributed by atoms with E-state index < -0.39 is 0 Å². The molecule has 0 fully saturated rings. The van der Waals surface area contributed by atoms with Gasteiger partial charge in [-0.05, 0) is 24.3 Å². The molecule has 0 saturated carbocycles. The van der Waals surface area contributed by atoms with E-state index in [0.29, 0.717) is 12.2 Å². The number of nitrogens with zero attached hydrogens (tertiary/aromatic N) is 4. The molecule has 0 bridgehead atoms. The third-order valence-electron chi connectivity index (χ3n) is 2.74. The van der Waals surface area contributed by atoms with Crippen LogP contribution in [0, 0.1) is 0 Å². The van der Waals surface area contributed by atoms with Crippen molar-refractivity contribution in [3.8, 4) is 0 Å². The number of anilines is 2. The Labute approximate surface area is 109 Å². The largest absolute Gasteiger partial charge is 0.399 e. The number of nitrogens with one attached hydrogen (secondary N) is 1. The van der Waals surface area contributed by atoms with Gasteiger partial charge >= 0.3 is 0 Å². The van der Waals surface area contributed by atoms with Crippen molar-refractivity contribution >= 4 is 22.4 Å². The smallest absolute Gasteiger partial charge is 0.137 e. The monoisotopic (exact) mass is 252 g/mol. The van der Waals surface area contributed by atoms with E-state index in [9.17, 15) is 0 Å². The second-order valence-corrected chi connectivity index (χ2v) is 4.05. The van der Waals surface area contributed by atoms with Gasteiger partial charge in [0, 0.05) is 17.3 Å². The van der Waals surface area contributed by atoms with E-state index in [2.05, 4.69) is 25.3 Å². The molecule has 0 saturated heterocycles. The molecule has 3 aromatic rings. The van der Waals surface area contributed by atoms with Gasteiger partial charge < -0.3 is 11.1 Å². The Morgan fingerprint density at radius 3 is 2.84 bits per heavy atom. The fourth-order valence-corrected chi connectivity index (χ4v) is 1.81. The first kappa shape index (κ1) is 11.3. The van der Waals surface area contributed by atoms with Gasteiger partial charge in [-0.1, -0.05) is 0 Å². The first-order valence-corrected chi connectivity index (χ1v) is 5.82. The number of fused-ring (bicyclic) bond motifs is 1. The first-order valence-electron chi connectivity index (χ1n) is 5.82. The molecule has 6 nitrogen and oxygen atoms in total. The van der Waals surface area contributed by atoms with Crippen LogP contribution in [0.1, 0.15) is 5.69 Å². The normalized spacial score (nSPS) is 10.5. The minimum Gasteiger partial charge on any atom is -0.399 e. The van der Waals surface area contributed by atoms with Crippen LogP contribution in [0.4, 0.5) is 11.5 Å². The minimum atomic E-state index is 0.573. The van der Waals surface area contributed by atoms with Crippen molar-refractivity contribution in [2.45, 2.75) is 6.54 Å². The molecule has 0 amide bonds. The molecule has 3 rings (SSSR count). The van der Waals surface area contributed by atoms with Crippen LogP contribution in [-0.4, -0.2) is 19.9 Å². The predicted molar refractivity (Wildman–Crippen MR) is 73.3 cm³/mol. The van der Waals surface area contributed by atoms with Crippen molar-refractivity contribution in [1.82, 2.24) is 19.9 Å². The van der Waals surface area contributed by atoms with Gasteiger partial charge in [0.05, 0.1) is 17.8 Å². The summed E-state index contributed by atoms with van der Waals surface area (Å²) in [7, 11) is 0. The van der Waals surface area contributed by atoms with Crippen LogP contribution in [0.25, 0.3) is 10.9 Å². The first-order chi connectivity index (χ1) is 9.33. The van der Waals surface area contributed by atoms with Crippen molar-refractivity contribution in [2.24, 2.45) is 0 Å². The third-order valence-corrected chi connectivity index (χ3v) is 2.74. The molecule has 1 aromatic carbocycles. The highest BCUT2D eigenvalue weighted by Gasteiger charge is 2.04. The molecule has 2 heterocycles. The topological polar surface area (TPSA) is 89.6 Å². The summed E-state index contributed by atoms with van der Waals surface area (Å²) in [4.78, 5) is 16.5. The highest BCUT2D eigenvalue weighted by atomic mass is 15.0.